The van der Waals surface area contributed by atoms with E-state index < -0.39 is 30.8 Å². The zero-order valence-corrected chi connectivity index (χ0v) is 11.1. The summed E-state index contributed by atoms with van der Waals surface area (Å²) >= 11 is 0. The summed E-state index contributed by atoms with van der Waals surface area (Å²) in [6.45, 7) is 2.63. The van der Waals surface area contributed by atoms with Crippen LogP contribution in [0.2, 0.25) is 0 Å². The zero-order chi connectivity index (χ0) is 15.4. The van der Waals surface area contributed by atoms with Gasteiger partial charge in [-0.1, -0.05) is 0 Å². The molecule has 0 radical (unpaired) electrons. The number of hydrogen-bond donors (Lipinski definition) is 4. The van der Waals surface area contributed by atoms with E-state index in [1.54, 1.807) is 6.92 Å². The van der Waals surface area contributed by atoms with Crippen LogP contribution in [0.4, 0.5) is 24.8 Å². The maximum atomic E-state index is 12.7. The van der Waals surface area contributed by atoms with E-state index in [2.05, 4.69) is 20.6 Å². The number of aromatic nitrogens is 2. The number of halogens is 3. The monoisotopic (exact) mass is 294 g/mol. The minimum atomic E-state index is -4.68. The molecule has 0 fully saturated rings. The van der Waals surface area contributed by atoms with E-state index >= 15 is 0 Å². The van der Waals surface area contributed by atoms with Crippen molar-refractivity contribution in [2.75, 3.05) is 30.4 Å². The van der Waals surface area contributed by atoms with Crippen molar-refractivity contribution in [1.29, 1.82) is 0 Å². The number of rotatable bonds is 6. The maximum Gasteiger partial charge on any atom is 0.451 e. The fraction of sp³-hybridized carbons (Fsp3) is 0.636. The van der Waals surface area contributed by atoms with Crippen molar-refractivity contribution in [3.63, 3.8) is 0 Å². The summed E-state index contributed by atoms with van der Waals surface area (Å²) in [6.07, 6.45) is -4.68. The summed E-state index contributed by atoms with van der Waals surface area (Å²) in [4.78, 5) is 6.72. The summed E-state index contributed by atoms with van der Waals surface area (Å²) in [5.74, 6) is -1.42. The largest absolute Gasteiger partial charge is 0.451 e. The van der Waals surface area contributed by atoms with E-state index in [1.165, 1.54) is 13.0 Å². The third kappa shape index (κ3) is 4.20. The SMILES string of the molecule is CCNc1cc(NC(C)(CO)CO)nc(C(F)(F)F)n1. The molecule has 1 heterocycles. The smallest absolute Gasteiger partial charge is 0.394 e. The summed E-state index contributed by atoms with van der Waals surface area (Å²) in [6, 6.07) is 1.28. The standard InChI is InChI=1S/C11H17F3N4O2/c1-3-15-7-4-8(18-10(2,5-19)6-20)17-9(16-7)11(12,13)14/h4,19-20H,3,5-6H2,1-2H3,(H2,15,16,17,18). The van der Waals surface area contributed by atoms with Crippen LogP contribution < -0.4 is 10.6 Å². The molecule has 9 heteroatoms. The number of anilines is 2. The molecule has 0 saturated carbocycles. The van der Waals surface area contributed by atoms with Crippen LogP contribution in [0.1, 0.15) is 19.7 Å². The molecule has 0 bridgehead atoms. The van der Waals surface area contributed by atoms with Crippen molar-refractivity contribution >= 4 is 11.6 Å². The van der Waals surface area contributed by atoms with Crippen LogP contribution in [0.5, 0.6) is 0 Å². The molecule has 0 saturated heterocycles. The number of alkyl halides is 3. The lowest BCUT2D eigenvalue weighted by Crippen LogP contribution is -2.43. The van der Waals surface area contributed by atoms with E-state index in [0.717, 1.165) is 0 Å². The van der Waals surface area contributed by atoms with Crippen molar-refractivity contribution in [3.8, 4) is 0 Å². The van der Waals surface area contributed by atoms with Gasteiger partial charge >= 0.3 is 6.18 Å². The Morgan fingerprint density at radius 2 is 1.70 bits per heavy atom. The summed E-state index contributed by atoms with van der Waals surface area (Å²) in [5.41, 5.74) is -1.18. The Hall–Kier alpha value is -1.61. The maximum absolute atomic E-state index is 12.7. The van der Waals surface area contributed by atoms with E-state index in [9.17, 15) is 13.2 Å². The van der Waals surface area contributed by atoms with Gasteiger partial charge in [0.2, 0.25) is 5.82 Å². The van der Waals surface area contributed by atoms with Crippen LogP contribution in [0.25, 0.3) is 0 Å². The van der Waals surface area contributed by atoms with Crippen LogP contribution in [0.3, 0.4) is 0 Å². The Morgan fingerprint density at radius 3 is 2.15 bits per heavy atom. The molecule has 4 N–H and O–H groups in total. The molecule has 0 aromatic carbocycles. The molecular formula is C11H17F3N4O2. The van der Waals surface area contributed by atoms with Gasteiger partial charge in [0, 0.05) is 12.6 Å². The van der Waals surface area contributed by atoms with Crippen LogP contribution in [0, 0.1) is 0 Å². The predicted molar refractivity (Wildman–Crippen MR) is 67.4 cm³/mol. The summed E-state index contributed by atoms with van der Waals surface area (Å²) < 4.78 is 38.1. The van der Waals surface area contributed by atoms with Crippen molar-refractivity contribution in [3.05, 3.63) is 11.9 Å². The number of aliphatic hydroxyl groups excluding tert-OH is 2. The molecule has 0 spiro atoms. The van der Waals surface area contributed by atoms with Gasteiger partial charge in [0.15, 0.2) is 0 Å². The van der Waals surface area contributed by atoms with Crippen LogP contribution in [-0.4, -0.2) is 45.5 Å². The minimum absolute atomic E-state index is 0.00977. The van der Waals surface area contributed by atoms with Gasteiger partial charge in [-0.3, -0.25) is 0 Å². The summed E-state index contributed by atoms with van der Waals surface area (Å²) in [7, 11) is 0. The molecule has 0 aliphatic carbocycles. The van der Waals surface area contributed by atoms with Gasteiger partial charge < -0.3 is 20.8 Å². The van der Waals surface area contributed by atoms with Gasteiger partial charge in [-0.15, -0.1) is 0 Å². The number of hydrogen-bond acceptors (Lipinski definition) is 6. The third-order valence-corrected chi connectivity index (χ3v) is 2.47. The molecule has 1 aromatic heterocycles. The van der Waals surface area contributed by atoms with Gasteiger partial charge in [0.1, 0.15) is 11.6 Å². The highest BCUT2D eigenvalue weighted by Gasteiger charge is 2.36. The number of nitrogens with one attached hydrogen (secondary N) is 2. The van der Waals surface area contributed by atoms with E-state index in [1.807, 2.05) is 0 Å². The van der Waals surface area contributed by atoms with E-state index in [-0.39, 0.29) is 11.6 Å². The normalized spacial score (nSPS) is 12.3. The number of nitrogens with zero attached hydrogens (tertiary/aromatic N) is 2. The average Bonchev–Trinajstić information content (AvgIpc) is 2.37. The molecular weight excluding hydrogens is 277 g/mol. The highest BCUT2D eigenvalue weighted by Crippen LogP contribution is 2.28. The molecule has 1 rings (SSSR count). The molecule has 0 aliphatic heterocycles. The quantitative estimate of drug-likeness (QED) is 0.628. The second kappa shape index (κ2) is 6.23. The number of aliphatic hydroxyl groups is 2. The average molecular weight is 294 g/mol. The van der Waals surface area contributed by atoms with Crippen molar-refractivity contribution in [2.24, 2.45) is 0 Å². The van der Waals surface area contributed by atoms with E-state index in [0.29, 0.717) is 6.54 Å². The molecule has 0 aliphatic rings. The second-order valence-corrected chi connectivity index (χ2v) is 4.49. The Morgan fingerprint density at radius 1 is 1.15 bits per heavy atom. The van der Waals surface area contributed by atoms with Gasteiger partial charge in [-0.25, -0.2) is 9.97 Å². The summed E-state index contributed by atoms with van der Waals surface area (Å²) in [5, 5.41) is 23.5. The van der Waals surface area contributed by atoms with Gasteiger partial charge in [-0.2, -0.15) is 13.2 Å². The van der Waals surface area contributed by atoms with Gasteiger partial charge in [-0.05, 0) is 13.8 Å². The second-order valence-electron chi connectivity index (χ2n) is 4.49. The van der Waals surface area contributed by atoms with Crippen LogP contribution >= 0.6 is 0 Å². The molecule has 6 nitrogen and oxygen atoms in total. The first-order valence-electron chi connectivity index (χ1n) is 5.94. The lowest BCUT2D eigenvalue weighted by molar-refractivity contribution is -0.144. The van der Waals surface area contributed by atoms with Crippen molar-refractivity contribution < 1.29 is 23.4 Å². The Bertz CT molecular complexity index is 450. The predicted octanol–water partition coefficient (Wildman–Crippen LogP) is 1.08. The first-order chi connectivity index (χ1) is 9.24. The lowest BCUT2D eigenvalue weighted by atomic mass is 10.1. The molecule has 20 heavy (non-hydrogen) atoms. The minimum Gasteiger partial charge on any atom is -0.394 e. The van der Waals surface area contributed by atoms with E-state index in [4.69, 9.17) is 10.2 Å². The Balaban J connectivity index is 3.15. The lowest BCUT2D eigenvalue weighted by Gasteiger charge is -2.27. The van der Waals surface area contributed by atoms with Gasteiger partial charge in [0.25, 0.3) is 0 Å². The molecule has 114 valence electrons. The van der Waals surface area contributed by atoms with Crippen molar-refractivity contribution in [2.45, 2.75) is 25.6 Å². The van der Waals surface area contributed by atoms with Crippen LogP contribution in [-0.2, 0) is 6.18 Å². The fourth-order valence-corrected chi connectivity index (χ4v) is 1.35. The highest BCUT2D eigenvalue weighted by atomic mass is 19.4. The Kier molecular flexibility index (Phi) is 5.12. The molecule has 1 aromatic rings. The first kappa shape index (κ1) is 16.4. The molecule has 0 atom stereocenters. The highest BCUT2D eigenvalue weighted by molar-refractivity contribution is 5.49. The molecule has 0 amide bonds. The fourth-order valence-electron chi connectivity index (χ4n) is 1.35. The first-order valence-corrected chi connectivity index (χ1v) is 5.94. The van der Waals surface area contributed by atoms with Gasteiger partial charge in [0.05, 0.1) is 18.8 Å². The van der Waals surface area contributed by atoms with Crippen LogP contribution in [0.15, 0.2) is 6.07 Å². The topological polar surface area (TPSA) is 90.3 Å². The van der Waals surface area contributed by atoms with Crippen molar-refractivity contribution in [1.82, 2.24) is 9.97 Å². The Labute approximate surface area is 114 Å². The third-order valence-electron chi connectivity index (χ3n) is 2.47. The molecule has 0 unspecified atom stereocenters. The zero-order valence-electron chi connectivity index (χ0n) is 11.1.